The van der Waals surface area contributed by atoms with Crippen molar-refractivity contribution in [3.05, 3.63) is 0 Å². The molecule has 0 aromatic carbocycles. The normalized spacial score (nSPS) is 27.6. The van der Waals surface area contributed by atoms with Crippen molar-refractivity contribution in [3.8, 4) is 0 Å². The first-order valence-corrected chi connectivity index (χ1v) is 8.88. The summed E-state index contributed by atoms with van der Waals surface area (Å²) >= 11 is 0. The van der Waals surface area contributed by atoms with Gasteiger partial charge in [0.1, 0.15) is 5.60 Å². The zero-order chi connectivity index (χ0) is 16.9. The zero-order valence-corrected chi connectivity index (χ0v) is 15.1. The summed E-state index contributed by atoms with van der Waals surface area (Å²) in [5, 5.41) is 7.16. The quantitative estimate of drug-likeness (QED) is 0.823. The third-order valence-corrected chi connectivity index (χ3v) is 4.23. The molecule has 0 aromatic rings. The van der Waals surface area contributed by atoms with Gasteiger partial charge in [-0.25, -0.2) is 4.79 Å². The number of carbonyl (C=O) groups is 1. The van der Waals surface area contributed by atoms with E-state index in [9.17, 15) is 4.79 Å². The van der Waals surface area contributed by atoms with E-state index in [1.165, 1.54) is 0 Å². The topological polar surface area (TPSA) is 62.8 Å². The summed E-state index contributed by atoms with van der Waals surface area (Å²) in [7, 11) is 0. The largest absolute Gasteiger partial charge is 0.444 e. The van der Waals surface area contributed by atoms with Crippen molar-refractivity contribution in [1.29, 1.82) is 0 Å². The molecule has 2 heterocycles. The highest BCUT2D eigenvalue weighted by atomic mass is 16.6. The van der Waals surface area contributed by atoms with Crippen LogP contribution >= 0.6 is 0 Å². The van der Waals surface area contributed by atoms with Crippen molar-refractivity contribution in [2.45, 2.75) is 70.7 Å². The molecule has 0 spiro atoms. The molecule has 2 saturated heterocycles. The molecule has 134 valence electrons. The molecule has 3 atom stereocenters. The fourth-order valence-electron chi connectivity index (χ4n) is 3.27. The van der Waals surface area contributed by atoms with Crippen LogP contribution in [0.2, 0.25) is 0 Å². The predicted octanol–water partition coefficient (Wildman–Crippen LogP) is 1.74. The molecule has 2 aliphatic heterocycles. The predicted molar refractivity (Wildman–Crippen MR) is 90.7 cm³/mol. The third kappa shape index (κ3) is 6.65. The van der Waals surface area contributed by atoms with Gasteiger partial charge >= 0.3 is 6.09 Å². The van der Waals surface area contributed by atoms with Crippen molar-refractivity contribution < 1.29 is 14.3 Å². The standard InChI is InChI=1S/C17H33N3O3/c1-13(10-15-12-22-9-7-18-15)19-14-6-5-8-20(11-14)16(21)23-17(2,3)4/h13-15,18-19H,5-12H2,1-4H3. The molecule has 23 heavy (non-hydrogen) atoms. The molecule has 2 rings (SSSR count). The van der Waals surface area contributed by atoms with Gasteiger partial charge in [0.2, 0.25) is 0 Å². The Bertz CT molecular complexity index is 378. The Morgan fingerprint density at radius 3 is 2.91 bits per heavy atom. The number of likely N-dealkylation sites (tertiary alicyclic amines) is 1. The number of carbonyl (C=O) groups excluding carboxylic acids is 1. The van der Waals surface area contributed by atoms with Crippen LogP contribution in [0.3, 0.4) is 0 Å². The Morgan fingerprint density at radius 1 is 1.48 bits per heavy atom. The summed E-state index contributed by atoms with van der Waals surface area (Å²) < 4.78 is 11.0. The molecular formula is C17H33N3O3. The van der Waals surface area contributed by atoms with Gasteiger partial charge in [-0.05, 0) is 47.0 Å². The monoisotopic (exact) mass is 327 g/mol. The second-order valence-electron chi connectivity index (χ2n) is 7.79. The molecular weight excluding hydrogens is 294 g/mol. The van der Waals surface area contributed by atoms with Crippen molar-refractivity contribution in [2.24, 2.45) is 0 Å². The van der Waals surface area contributed by atoms with Crippen LogP contribution in [0, 0.1) is 0 Å². The number of nitrogens with zero attached hydrogens (tertiary/aromatic N) is 1. The van der Waals surface area contributed by atoms with Gasteiger partial charge in [0, 0.05) is 37.8 Å². The number of hydrogen-bond donors (Lipinski definition) is 2. The van der Waals surface area contributed by atoms with E-state index in [1.807, 2.05) is 25.7 Å². The van der Waals surface area contributed by atoms with E-state index in [0.29, 0.717) is 18.1 Å². The molecule has 2 N–H and O–H groups in total. The lowest BCUT2D eigenvalue weighted by molar-refractivity contribution is 0.0181. The van der Waals surface area contributed by atoms with E-state index in [4.69, 9.17) is 9.47 Å². The van der Waals surface area contributed by atoms with Gasteiger partial charge < -0.3 is 25.0 Å². The summed E-state index contributed by atoms with van der Waals surface area (Å²) in [6.45, 7) is 12.0. The highest BCUT2D eigenvalue weighted by Crippen LogP contribution is 2.16. The van der Waals surface area contributed by atoms with E-state index >= 15 is 0 Å². The Hall–Kier alpha value is -0.850. The number of morpholine rings is 1. The Labute approximate surface area is 140 Å². The molecule has 2 fully saturated rings. The molecule has 3 unspecified atom stereocenters. The van der Waals surface area contributed by atoms with Crippen molar-refractivity contribution in [2.75, 3.05) is 32.8 Å². The molecule has 0 radical (unpaired) electrons. The van der Waals surface area contributed by atoms with Gasteiger partial charge in [0.15, 0.2) is 0 Å². The van der Waals surface area contributed by atoms with E-state index in [-0.39, 0.29) is 6.09 Å². The Morgan fingerprint density at radius 2 is 2.26 bits per heavy atom. The lowest BCUT2D eigenvalue weighted by Gasteiger charge is -2.36. The molecule has 0 saturated carbocycles. The second-order valence-corrected chi connectivity index (χ2v) is 7.79. The van der Waals surface area contributed by atoms with Crippen LogP contribution in [-0.2, 0) is 9.47 Å². The average Bonchev–Trinajstić information content (AvgIpc) is 2.46. The van der Waals surface area contributed by atoms with E-state index in [2.05, 4.69) is 17.6 Å². The van der Waals surface area contributed by atoms with E-state index < -0.39 is 5.60 Å². The molecule has 0 aliphatic carbocycles. The van der Waals surface area contributed by atoms with Crippen LogP contribution < -0.4 is 10.6 Å². The van der Waals surface area contributed by atoms with Gasteiger partial charge in [0.05, 0.1) is 13.2 Å². The van der Waals surface area contributed by atoms with Crippen LogP contribution in [0.25, 0.3) is 0 Å². The van der Waals surface area contributed by atoms with Gasteiger partial charge in [-0.3, -0.25) is 0 Å². The smallest absolute Gasteiger partial charge is 0.410 e. The fraction of sp³-hybridized carbons (Fsp3) is 0.941. The SMILES string of the molecule is CC(CC1COCCN1)NC1CCCN(C(=O)OC(C)(C)C)C1. The Balaban J connectivity index is 1.75. The lowest BCUT2D eigenvalue weighted by Crippen LogP contribution is -2.52. The van der Waals surface area contributed by atoms with Gasteiger partial charge in [-0.2, -0.15) is 0 Å². The van der Waals surface area contributed by atoms with Gasteiger partial charge in [-0.1, -0.05) is 0 Å². The summed E-state index contributed by atoms with van der Waals surface area (Å²) in [4.78, 5) is 14.0. The van der Waals surface area contributed by atoms with E-state index in [0.717, 1.165) is 52.1 Å². The van der Waals surface area contributed by atoms with Crippen LogP contribution in [-0.4, -0.2) is 67.6 Å². The number of rotatable bonds is 4. The molecule has 6 nitrogen and oxygen atoms in total. The summed E-state index contributed by atoms with van der Waals surface area (Å²) in [6, 6.07) is 1.17. The van der Waals surface area contributed by atoms with Crippen LogP contribution in [0.1, 0.15) is 47.0 Å². The van der Waals surface area contributed by atoms with Crippen LogP contribution in [0.5, 0.6) is 0 Å². The highest BCUT2D eigenvalue weighted by molar-refractivity contribution is 5.68. The molecule has 6 heteroatoms. The second kappa shape index (κ2) is 8.31. The number of hydrogen-bond acceptors (Lipinski definition) is 5. The Kier molecular flexibility index (Phi) is 6.68. The third-order valence-electron chi connectivity index (χ3n) is 4.23. The first-order chi connectivity index (χ1) is 10.8. The summed E-state index contributed by atoms with van der Waals surface area (Å²) in [6.07, 6.45) is 2.98. The van der Waals surface area contributed by atoms with Crippen molar-refractivity contribution in [1.82, 2.24) is 15.5 Å². The summed E-state index contributed by atoms with van der Waals surface area (Å²) in [5.74, 6) is 0. The first-order valence-electron chi connectivity index (χ1n) is 8.88. The highest BCUT2D eigenvalue weighted by Gasteiger charge is 2.28. The number of piperidine rings is 1. The van der Waals surface area contributed by atoms with Gasteiger partial charge in [0.25, 0.3) is 0 Å². The first kappa shape index (κ1) is 18.5. The maximum Gasteiger partial charge on any atom is 0.410 e. The minimum atomic E-state index is -0.433. The van der Waals surface area contributed by atoms with Crippen LogP contribution in [0.15, 0.2) is 0 Å². The molecule has 0 bridgehead atoms. The maximum absolute atomic E-state index is 12.2. The van der Waals surface area contributed by atoms with Crippen molar-refractivity contribution >= 4 is 6.09 Å². The average molecular weight is 327 g/mol. The number of nitrogens with one attached hydrogen (secondary N) is 2. The minimum absolute atomic E-state index is 0.195. The summed E-state index contributed by atoms with van der Waals surface area (Å²) in [5.41, 5.74) is -0.433. The lowest BCUT2D eigenvalue weighted by atomic mass is 10.0. The minimum Gasteiger partial charge on any atom is -0.444 e. The number of amides is 1. The number of ether oxygens (including phenoxy) is 2. The fourth-order valence-corrected chi connectivity index (χ4v) is 3.27. The zero-order valence-electron chi connectivity index (χ0n) is 15.1. The van der Waals surface area contributed by atoms with Crippen LogP contribution in [0.4, 0.5) is 4.79 Å². The molecule has 0 aromatic heterocycles. The maximum atomic E-state index is 12.2. The van der Waals surface area contributed by atoms with E-state index in [1.54, 1.807) is 0 Å². The molecule has 2 aliphatic rings. The van der Waals surface area contributed by atoms with Gasteiger partial charge in [-0.15, -0.1) is 0 Å². The molecule has 1 amide bonds. The van der Waals surface area contributed by atoms with Crippen molar-refractivity contribution in [3.63, 3.8) is 0 Å².